The molecule has 0 radical (unpaired) electrons. The number of rotatable bonds is 19. The minimum absolute atomic E-state index is 0.124. The molecule has 0 spiro atoms. The highest BCUT2D eigenvalue weighted by Gasteiger charge is 2.53. The van der Waals surface area contributed by atoms with E-state index in [1.165, 1.54) is 0 Å². The van der Waals surface area contributed by atoms with Crippen LogP contribution in [0.3, 0.4) is 0 Å². The molecule has 0 aliphatic heterocycles. The van der Waals surface area contributed by atoms with E-state index in [1.807, 2.05) is 121 Å². The Kier molecular flexibility index (Phi) is 14.9. The van der Waals surface area contributed by atoms with Crippen molar-refractivity contribution in [1.29, 1.82) is 0 Å². The van der Waals surface area contributed by atoms with Crippen molar-refractivity contribution in [2.75, 3.05) is 0 Å². The van der Waals surface area contributed by atoms with E-state index < -0.39 is 36.6 Å². The molecule has 6 atom stereocenters. The number of unbranched alkanes of at least 4 members (excludes halogenated alkanes) is 4. The molecule has 2 N–H and O–H groups in total. The van der Waals surface area contributed by atoms with Crippen molar-refractivity contribution in [3.05, 3.63) is 144 Å². The van der Waals surface area contributed by atoms with E-state index in [1.54, 1.807) is 0 Å². The highest BCUT2D eigenvalue weighted by molar-refractivity contribution is 5.76. The molecule has 1 amide bonds. The lowest BCUT2D eigenvalue weighted by Gasteiger charge is -2.48. The maximum absolute atomic E-state index is 13.5. The first-order valence-electron chi connectivity index (χ1n) is 17.7. The average molecular weight is 666 g/mol. The summed E-state index contributed by atoms with van der Waals surface area (Å²) >= 11 is 0. The van der Waals surface area contributed by atoms with Crippen LogP contribution in [0.2, 0.25) is 0 Å². The number of hydrogen-bond acceptors (Lipinski definition) is 6. The minimum atomic E-state index is -1.13. The van der Waals surface area contributed by atoms with Gasteiger partial charge in [-0.25, -0.2) is 0 Å². The second kappa shape index (κ2) is 20.0. The summed E-state index contributed by atoms with van der Waals surface area (Å²) in [5, 5.41) is 15.3. The zero-order valence-electron chi connectivity index (χ0n) is 28.6. The van der Waals surface area contributed by atoms with E-state index >= 15 is 0 Å². The van der Waals surface area contributed by atoms with Gasteiger partial charge in [-0.1, -0.05) is 154 Å². The number of hydrogen-bond donors (Lipinski definition) is 2. The first-order valence-corrected chi connectivity index (χ1v) is 17.7. The molecule has 1 fully saturated rings. The van der Waals surface area contributed by atoms with Gasteiger partial charge in [0.05, 0.1) is 32.5 Å². The highest BCUT2D eigenvalue weighted by atomic mass is 16.6. The van der Waals surface area contributed by atoms with Gasteiger partial charge >= 0.3 is 0 Å². The van der Waals surface area contributed by atoms with Crippen LogP contribution < -0.4 is 5.32 Å². The average Bonchev–Trinajstić information content (AvgIpc) is 3.15. The van der Waals surface area contributed by atoms with Crippen LogP contribution in [0.1, 0.15) is 67.7 Å². The minimum Gasteiger partial charge on any atom is -0.388 e. The topological polar surface area (TPSA) is 86.3 Å². The molecule has 1 aliphatic rings. The fourth-order valence-electron chi connectivity index (χ4n) is 6.32. The van der Waals surface area contributed by atoms with Crippen LogP contribution in [-0.4, -0.2) is 47.6 Å². The van der Waals surface area contributed by atoms with E-state index in [9.17, 15) is 9.90 Å². The van der Waals surface area contributed by atoms with Gasteiger partial charge in [0.2, 0.25) is 5.91 Å². The van der Waals surface area contributed by atoms with Gasteiger partial charge in [-0.05, 0) is 28.7 Å². The van der Waals surface area contributed by atoms with Gasteiger partial charge in [0, 0.05) is 6.42 Å². The molecule has 0 heterocycles. The van der Waals surface area contributed by atoms with Crippen molar-refractivity contribution in [3.8, 4) is 0 Å². The second-order valence-electron chi connectivity index (χ2n) is 12.8. The van der Waals surface area contributed by atoms with Crippen LogP contribution in [0.25, 0.3) is 0 Å². The number of aliphatic hydroxyl groups excluding tert-OH is 1. The Morgan fingerprint density at radius 3 is 1.33 bits per heavy atom. The number of ether oxygens (including phenoxy) is 4. The predicted molar refractivity (Wildman–Crippen MR) is 191 cm³/mol. The van der Waals surface area contributed by atoms with Gasteiger partial charge in [-0.3, -0.25) is 4.79 Å². The lowest BCUT2D eigenvalue weighted by atomic mass is 9.82. The predicted octanol–water partition coefficient (Wildman–Crippen LogP) is 7.55. The summed E-state index contributed by atoms with van der Waals surface area (Å²) in [4.78, 5) is 13.5. The lowest BCUT2D eigenvalue weighted by Crippen LogP contribution is -2.70. The maximum atomic E-state index is 13.5. The number of nitrogens with one attached hydrogen (secondary N) is 1. The molecule has 0 aromatic heterocycles. The molecule has 260 valence electrons. The Bertz CT molecular complexity index is 1470. The monoisotopic (exact) mass is 665 g/mol. The van der Waals surface area contributed by atoms with Gasteiger partial charge in [0.15, 0.2) is 0 Å². The fraction of sp³-hybridized carbons (Fsp3) is 0.405. The van der Waals surface area contributed by atoms with Crippen molar-refractivity contribution in [1.82, 2.24) is 5.32 Å². The highest BCUT2D eigenvalue weighted by Crippen LogP contribution is 2.33. The van der Waals surface area contributed by atoms with Crippen molar-refractivity contribution in [3.63, 3.8) is 0 Å². The molecule has 0 bridgehead atoms. The van der Waals surface area contributed by atoms with E-state index in [2.05, 4.69) is 12.2 Å². The Labute approximate surface area is 291 Å². The van der Waals surface area contributed by atoms with Crippen LogP contribution in [0, 0.1) is 0 Å². The van der Waals surface area contributed by atoms with Gasteiger partial charge in [-0.15, -0.1) is 0 Å². The van der Waals surface area contributed by atoms with Crippen LogP contribution in [-0.2, 0) is 50.2 Å². The zero-order chi connectivity index (χ0) is 34.1. The molecule has 4 aromatic rings. The number of aliphatic hydroxyl groups is 1. The maximum Gasteiger partial charge on any atom is 0.220 e. The molecule has 49 heavy (non-hydrogen) atoms. The fourth-order valence-corrected chi connectivity index (χ4v) is 6.32. The second-order valence-corrected chi connectivity index (χ2v) is 12.8. The summed E-state index contributed by atoms with van der Waals surface area (Å²) in [6.07, 6.45) is 1.45. The summed E-state index contributed by atoms with van der Waals surface area (Å²) in [5.74, 6) is -0.124. The molecule has 1 aliphatic carbocycles. The van der Waals surface area contributed by atoms with Crippen molar-refractivity contribution >= 4 is 5.91 Å². The van der Waals surface area contributed by atoms with Crippen LogP contribution in [0.15, 0.2) is 121 Å². The SMILES string of the molecule is CCCCCCCC(=O)N[C@H]1[C@H](O)[C@H](OCc2ccccc2)[C@@H](OCc2ccccc2)[C@H](OCc2ccccc2)[C@H]1OCc1ccccc1. The third kappa shape index (κ3) is 11.3. The molecular formula is C42H51NO6. The first-order chi connectivity index (χ1) is 24.1. The Morgan fingerprint density at radius 1 is 0.531 bits per heavy atom. The third-order valence-electron chi connectivity index (χ3n) is 9.01. The number of carbonyl (C=O) groups is 1. The molecule has 5 rings (SSSR count). The van der Waals surface area contributed by atoms with Crippen molar-refractivity contribution in [2.45, 2.75) is 108 Å². The van der Waals surface area contributed by atoms with E-state index in [0.29, 0.717) is 13.0 Å². The summed E-state index contributed by atoms with van der Waals surface area (Å²) in [6, 6.07) is 38.8. The molecular weight excluding hydrogens is 614 g/mol. The van der Waals surface area contributed by atoms with Crippen molar-refractivity contribution < 1.29 is 28.8 Å². The summed E-state index contributed by atoms with van der Waals surface area (Å²) in [6.45, 7) is 3.28. The Morgan fingerprint density at radius 2 is 0.898 bits per heavy atom. The largest absolute Gasteiger partial charge is 0.388 e. The van der Waals surface area contributed by atoms with Crippen LogP contribution in [0.4, 0.5) is 0 Å². The van der Waals surface area contributed by atoms with Crippen LogP contribution in [0.5, 0.6) is 0 Å². The quantitative estimate of drug-likeness (QED) is 0.101. The van der Waals surface area contributed by atoms with Gasteiger partial charge < -0.3 is 29.4 Å². The smallest absolute Gasteiger partial charge is 0.220 e. The number of carbonyl (C=O) groups excluding carboxylic acids is 1. The zero-order valence-corrected chi connectivity index (χ0v) is 28.6. The number of amides is 1. The third-order valence-corrected chi connectivity index (χ3v) is 9.01. The summed E-state index contributed by atoms with van der Waals surface area (Å²) in [7, 11) is 0. The van der Waals surface area contributed by atoms with Crippen molar-refractivity contribution in [2.24, 2.45) is 0 Å². The molecule has 7 heteroatoms. The Balaban J connectivity index is 1.47. The van der Waals surface area contributed by atoms with Crippen LogP contribution >= 0.6 is 0 Å². The molecule has 0 unspecified atom stereocenters. The molecule has 7 nitrogen and oxygen atoms in total. The van der Waals surface area contributed by atoms with Gasteiger partial charge in [0.1, 0.15) is 30.5 Å². The Hall–Kier alpha value is -3.85. The van der Waals surface area contributed by atoms with Gasteiger partial charge in [0.25, 0.3) is 0 Å². The molecule has 0 saturated heterocycles. The standard InChI is InChI=1S/C42H51NO6/c1-2-3-4-5-18-27-36(44)43-37-38(45)40(47-29-33-21-12-7-13-22-33)42(49-31-35-25-16-9-17-26-35)41(48-30-34-23-14-8-15-24-34)39(37)46-28-32-19-10-6-11-20-32/h6-17,19-26,37-42,45H,2-5,18,27-31H2,1H3,(H,43,44)/t37-,38-,39-,40-,41+,42+/m0/s1. The van der Waals surface area contributed by atoms with E-state index in [-0.39, 0.29) is 25.7 Å². The van der Waals surface area contributed by atoms with Gasteiger partial charge in [-0.2, -0.15) is 0 Å². The summed E-state index contributed by atoms with van der Waals surface area (Å²) in [5.41, 5.74) is 3.92. The van der Waals surface area contributed by atoms with E-state index in [4.69, 9.17) is 18.9 Å². The van der Waals surface area contributed by atoms with E-state index in [0.717, 1.165) is 54.4 Å². The first kappa shape index (κ1) is 36.4. The number of benzene rings is 4. The normalized spacial score (nSPS) is 22.1. The molecule has 1 saturated carbocycles. The lowest BCUT2D eigenvalue weighted by molar-refractivity contribution is -0.250. The summed E-state index contributed by atoms with van der Waals surface area (Å²) < 4.78 is 26.6. The molecule has 4 aromatic carbocycles.